The van der Waals surface area contributed by atoms with Crippen LogP contribution in [0.5, 0.6) is 0 Å². The maximum Gasteiger partial charge on any atom is 0.237 e. The second kappa shape index (κ2) is 8.81. The van der Waals surface area contributed by atoms with Gasteiger partial charge in [0.25, 0.3) is 0 Å². The lowest BCUT2D eigenvalue weighted by molar-refractivity contribution is -0.134. The number of aryl methyl sites for hydroxylation is 1. The van der Waals surface area contributed by atoms with E-state index in [1.54, 1.807) is 0 Å². The van der Waals surface area contributed by atoms with Crippen LogP contribution in [0, 0.1) is 0 Å². The third-order valence-corrected chi connectivity index (χ3v) is 6.82. The number of pyridine rings is 1. The van der Waals surface area contributed by atoms with Crippen LogP contribution in [0.1, 0.15) is 35.7 Å². The summed E-state index contributed by atoms with van der Waals surface area (Å²) < 4.78 is 2.07. The Balaban J connectivity index is 1.14. The van der Waals surface area contributed by atoms with Crippen molar-refractivity contribution in [2.75, 3.05) is 39.8 Å². The van der Waals surface area contributed by atoms with Gasteiger partial charge >= 0.3 is 0 Å². The molecule has 1 aliphatic carbocycles. The minimum absolute atomic E-state index is 0.216. The summed E-state index contributed by atoms with van der Waals surface area (Å²) in [5.41, 5.74) is 4.83. The average Bonchev–Trinajstić information content (AvgIpc) is 3.22. The van der Waals surface area contributed by atoms with E-state index in [9.17, 15) is 4.79 Å². The van der Waals surface area contributed by atoms with Crippen LogP contribution in [0.4, 0.5) is 0 Å². The fourth-order valence-electron chi connectivity index (χ4n) is 5.01. The van der Waals surface area contributed by atoms with Crippen LogP contribution in [0.25, 0.3) is 5.65 Å². The summed E-state index contributed by atoms with van der Waals surface area (Å²) in [5.74, 6) is 0.232. The smallest absolute Gasteiger partial charge is 0.237 e. The van der Waals surface area contributed by atoms with Crippen LogP contribution < -0.4 is 0 Å². The first kappa shape index (κ1) is 20.2. The Morgan fingerprint density at radius 3 is 2.68 bits per heavy atom. The largest absolute Gasteiger partial charge is 0.338 e. The van der Waals surface area contributed by atoms with E-state index in [-0.39, 0.29) is 11.9 Å². The molecular weight excluding hydrogens is 386 g/mol. The number of carbonyl (C=O) groups excluding carboxylic acids is 1. The quantitative estimate of drug-likeness (QED) is 0.640. The van der Waals surface area contributed by atoms with Crippen molar-refractivity contribution < 1.29 is 4.79 Å². The highest BCUT2D eigenvalue weighted by Gasteiger charge is 2.28. The minimum atomic E-state index is 0.216. The van der Waals surface area contributed by atoms with Crippen molar-refractivity contribution in [1.29, 1.82) is 0 Å². The first-order chi connectivity index (χ1) is 15.2. The number of benzene rings is 1. The van der Waals surface area contributed by atoms with Gasteiger partial charge in [0.15, 0.2) is 0 Å². The molecule has 5 rings (SSSR count). The third-order valence-electron chi connectivity index (χ3n) is 6.82. The Labute approximate surface area is 184 Å². The van der Waals surface area contributed by atoms with Crippen molar-refractivity contribution in [3.63, 3.8) is 0 Å². The van der Waals surface area contributed by atoms with Crippen molar-refractivity contribution in [1.82, 2.24) is 24.1 Å². The number of likely N-dealkylation sites (N-methyl/N-ethyl adjacent to an activating group) is 1. The molecule has 1 atom stereocenters. The normalized spacial score (nSPS) is 20.0. The van der Waals surface area contributed by atoms with Crippen molar-refractivity contribution >= 4 is 11.6 Å². The molecule has 0 bridgehead atoms. The van der Waals surface area contributed by atoms with Gasteiger partial charge in [0.2, 0.25) is 5.91 Å². The van der Waals surface area contributed by atoms with Crippen molar-refractivity contribution in [2.45, 2.75) is 31.8 Å². The van der Waals surface area contributed by atoms with Gasteiger partial charge in [0, 0.05) is 52.2 Å². The maximum absolute atomic E-state index is 13.1. The molecule has 6 heteroatoms. The lowest BCUT2D eigenvalue weighted by Crippen LogP contribution is -2.49. The summed E-state index contributed by atoms with van der Waals surface area (Å²) in [6, 6.07) is 14.9. The zero-order valence-corrected chi connectivity index (χ0v) is 18.3. The topological polar surface area (TPSA) is 44.1 Å². The molecule has 1 saturated heterocycles. The van der Waals surface area contributed by atoms with Crippen LogP contribution >= 0.6 is 0 Å². The molecule has 3 aromatic rings. The molecule has 0 radical (unpaired) electrons. The fourth-order valence-corrected chi connectivity index (χ4v) is 5.01. The van der Waals surface area contributed by atoms with Gasteiger partial charge in [-0.1, -0.05) is 30.3 Å². The first-order valence-electron chi connectivity index (χ1n) is 11.4. The minimum Gasteiger partial charge on any atom is -0.338 e. The van der Waals surface area contributed by atoms with Gasteiger partial charge in [-0.2, -0.15) is 0 Å². The Hall–Kier alpha value is -2.70. The average molecular weight is 418 g/mol. The highest BCUT2D eigenvalue weighted by atomic mass is 16.2. The molecule has 1 unspecified atom stereocenters. The molecule has 2 aliphatic rings. The predicted molar refractivity (Wildman–Crippen MR) is 122 cm³/mol. The molecule has 6 nitrogen and oxygen atoms in total. The summed E-state index contributed by atoms with van der Waals surface area (Å²) >= 11 is 0. The highest BCUT2D eigenvalue weighted by molar-refractivity contribution is 5.78. The maximum atomic E-state index is 13.1. The zero-order chi connectivity index (χ0) is 21.2. The Morgan fingerprint density at radius 1 is 1.06 bits per heavy atom. The fraction of sp³-hybridized carbons (Fsp3) is 0.440. The molecule has 0 spiro atoms. The summed E-state index contributed by atoms with van der Waals surface area (Å²) in [6.45, 7) is 5.16. The number of hydrogen-bond donors (Lipinski definition) is 0. The highest BCUT2D eigenvalue weighted by Crippen LogP contribution is 2.33. The van der Waals surface area contributed by atoms with E-state index in [4.69, 9.17) is 4.98 Å². The molecule has 1 amide bonds. The standard InChI is InChI=1S/C25H31N5O/c1-27(23-10-6-8-20-7-2-3-9-22(20)23)25(31)19-29-15-13-28(14-16-29)17-21-18-30-12-5-4-11-24(30)26-21/h2-5,7,9,11-12,18,23H,6,8,10,13-17,19H2,1H3. The molecule has 1 aromatic carbocycles. The van der Waals surface area contributed by atoms with Crippen molar-refractivity contribution in [2.24, 2.45) is 0 Å². The number of fused-ring (bicyclic) bond motifs is 2. The molecule has 2 aromatic heterocycles. The Kier molecular flexibility index (Phi) is 5.74. The third kappa shape index (κ3) is 4.36. The summed E-state index contributed by atoms with van der Waals surface area (Å²) in [7, 11) is 1.98. The molecule has 0 saturated carbocycles. The number of piperazine rings is 1. The molecular formula is C25H31N5O. The van der Waals surface area contributed by atoms with Gasteiger partial charge in [-0.15, -0.1) is 0 Å². The van der Waals surface area contributed by atoms with E-state index in [0.717, 1.165) is 63.3 Å². The van der Waals surface area contributed by atoms with E-state index >= 15 is 0 Å². The van der Waals surface area contributed by atoms with Crippen LogP contribution in [0.15, 0.2) is 54.9 Å². The number of carbonyl (C=O) groups is 1. The lowest BCUT2D eigenvalue weighted by Gasteiger charge is -2.37. The second-order valence-corrected chi connectivity index (χ2v) is 8.86. The van der Waals surface area contributed by atoms with Crippen LogP contribution in [-0.2, 0) is 17.8 Å². The number of hydrogen-bond acceptors (Lipinski definition) is 4. The molecule has 162 valence electrons. The van der Waals surface area contributed by atoms with Gasteiger partial charge in [-0.05, 0) is 42.5 Å². The zero-order valence-electron chi connectivity index (χ0n) is 18.3. The van der Waals surface area contributed by atoms with Crippen LogP contribution in [-0.4, -0.2) is 69.8 Å². The van der Waals surface area contributed by atoms with E-state index in [1.807, 2.05) is 36.3 Å². The Bertz CT molecular complexity index is 1020. The number of rotatable bonds is 5. The van der Waals surface area contributed by atoms with E-state index in [2.05, 4.69) is 44.7 Å². The predicted octanol–water partition coefficient (Wildman–Crippen LogP) is 2.99. The van der Waals surface area contributed by atoms with Gasteiger partial charge in [0.05, 0.1) is 18.3 Å². The van der Waals surface area contributed by atoms with E-state index < -0.39 is 0 Å². The van der Waals surface area contributed by atoms with E-state index in [0.29, 0.717) is 6.54 Å². The van der Waals surface area contributed by atoms with Crippen molar-refractivity contribution in [3.05, 3.63) is 71.7 Å². The monoisotopic (exact) mass is 417 g/mol. The SMILES string of the molecule is CN(C(=O)CN1CCN(Cc2cn3ccccc3n2)CC1)C1CCCc2ccccc21. The number of nitrogens with zero attached hydrogens (tertiary/aromatic N) is 5. The number of amides is 1. The van der Waals surface area contributed by atoms with E-state index in [1.165, 1.54) is 11.1 Å². The first-order valence-corrected chi connectivity index (χ1v) is 11.4. The van der Waals surface area contributed by atoms with Gasteiger partial charge in [-0.25, -0.2) is 4.98 Å². The summed E-state index contributed by atoms with van der Waals surface area (Å²) in [5, 5.41) is 0. The van der Waals surface area contributed by atoms with Crippen LogP contribution in [0.2, 0.25) is 0 Å². The van der Waals surface area contributed by atoms with Crippen molar-refractivity contribution in [3.8, 4) is 0 Å². The molecule has 31 heavy (non-hydrogen) atoms. The summed E-state index contributed by atoms with van der Waals surface area (Å²) in [6.07, 6.45) is 7.49. The van der Waals surface area contributed by atoms with Gasteiger partial charge in [0.1, 0.15) is 5.65 Å². The number of imidazole rings is 1. The van der Waals surface area contributed by atoms with Crippen LogP contribution in [0.3, 0.4) is 0 Å². The van der Waals surface area contributed by atoms with Gasteiger partial charge < -0.3 is 9.30 Å². The molecule has 1 fully saturated rings. The molecule has 0 N–H and O–H groups in total. The number of aromatic nitrogens is 2. The molecule has 3 heterocycles. The second-order valence-electron chi connectivity index (χ2n) is 8.86. The molecule has 1 aliphatic heterocycles. The van der Waals surface area contributed by atoms with Gasteiger partial charge in [-0.3, -0.25) is 14.6 Å². The summed E-state index contributed by atoms with van der Waals surface area (Å²) in [4.78, 5) is 24.5. The lowest BCUT2D eigenvalue weighted by atomic mass is 9.87. The Morgan fingerprint density at radius 2 is 1.84 bits per heavy atom.